The Morgan fingerprint density at radius 2 is 1.68 bits per heavy atom. The second-order valence-corrected chi connectivity index (χ2v) is 8.93. The van der Waals surface area contributed by atoms with Crippen LogP contribution in [0.3, 0.4) is 0 Å². The van der Waals surface area contributed by atoms with Crippen LogP contribution < -0.4 is 5.32 Å². The molecule has 1 unspecified atom stereocenters. The predicted molar refractivity (Wildman–Crippen MR) is 137 cm³/mol. The highest BCUT2D eigenvalue weighted by molar-refractivity contribution is 5.90. The number of fused-ring (bicyclic) bond motifs is 3. The number of carbonyl (C=O) groups is 1. The quantitative estimate of drug-likeness (QED) is 0.316. The van der Waals surface area contributed by atoms with Crippen LogP contribution in [0.2, 0.25) is 0 Å². The minimum atomic E-state index is -0.710. The van der Waals surface area contributed by atoms with Crippen LogP contribution in [0.25, 0.3) is 11.5 Å². The van der Waals surface area contributed by atoms with Crippen molar-refractivity contribution in [1.29, 1.82) is 0 Å². The Hall–Kier alpha value is -4.72. The first-order valence-corrected chi connectivity index (χ1v) is 11.9. The fourth-order valence-electron chi connectivity index (χ4n) is 4.92. The van der Waals surface area contributed by atoms with Gasteiger partial charge >= 0.3 is 6.03 Å². The number of para-hydroxylation sites is 1. The molecule has 3 heterocycles. The van der Waals surface area contributed by atoms with Gasteiger partial charge in [-0.05, 0) is 48.9 Å². The zero-order chi connectivity index (χ0) is 25.5. The van der Waals surface area contributed by atoms with Crippen molar-refractivity contribution in [3.05, 3.63) is 131 Å². The molecule has 0 bridgehead atoms. The van der Waals surface area contributed by atoms with E-state index in [4.69, 9.17) is 5.10 Å². The maximum atomic E-state index is 14.5. The molecule has 8 heteroatoms. The number of amides is 2. The van der Waals surface area contributed by atoms with Crippen molar-refractivity contribution in [3.63, 3.8) is 0 Å². The van der Waals surface area contributed by atoms with Crippen LogP contribution in [0.4, 0.5) is 19.3 Å². The number of aromatic nitrogens is 3. The Bertz CT molecular complexity index is 1590. The maximum absolute atomic E-state index is 14.5. The number of rotatable bonds is 3. The molecule has 0 saturated carbocycles. The van der Waals surface area contributed by atoms with Crippen molar-refractivity contribution in [3.8, 4) is 11.5 Å². The highest BCUT2D eigenvalue weighted by Crippen LogP contribution is 2.38. The summed E-state index contributed by atoms with van der Waals surface area (Å²) in [5, 5.41) is 7.41. The van der Waals surface area contributed by atoms with Crippen molar-refractivity contribution in [2.24, 2.45) is 0 Å². The third-order valence-corrected chi connectivity index (χ3v) is 6.63. The standard InChI is InChI=1S/C29H23F2N5O/c1-19-23-18-35(29(37)32-25-17-21(30)14-15-24(25)31)27(20-9-4-2-5-10-20)26-13-8-16-34(26)28(23)36(33-19)22-11-6-3-7-12-22/h2-17,27H,18H2,1H3,(H,32,37). The molecule has 0 saturated heterocycles. The van der Waals surface area contributed by atoms with Gasteiger partial charge in [0.1, 0.15) is 17.5 Å². The Morgan fingerprint density at radius 3 is 2.43 bits per heavy atom. The van der Waals surface area contributed by atoms with E-state index in [0.29, 0.717) is 0 Å². The number of nitrogens with one attached hydrogen (secondary N) is 1. The molecule has 184 valence electrons. The van der Waals surface area contributed by atoms with Crippen LogP contribution >= 0.6 is 0 Å². The van der Waals surface area contributed by atoms with Gasteiger partial charge in [-0.25, -0.2) is 18.3 Å². The van der Waals surface area contributed by atoms with Crippen molar-refractivity contribution in [2.45, 2.75) is 19.5 Å². The number of carbonyl (C=O) groups excluding carboxylic acids is 1. The lowest BCUT2D eigenvalue weighted by atomic mass is 10.0. The van der Waals surface area contributed by atoms with E-state index in [1.807, 2.05) is 90.6 Å². The van der Waals surface area contributed by atoms with E-state index < -0.39 is 23.7 Å². The van der Waals surface area contributed by atoms with Crippen LogP contribution in [-0.2, 0) is 6.54 Å². The van der Waals surface area contributed by atoms with Crippen LogP contribution in [0.1, 0.15) is 28.6 Å². The van der Waals surface area contributed by atoms with Crippen molar-refractivity contribution in [2.75, 3.05) is 5.32 Å². The van der Waals surface area contributed by atoms with Gasteiger partial charge < -0.3 is 14.8 Å². The van der Waals surface area contributed by atoms with E-state index in [9.17, 15) is 13.6 Å². The summed E-state index contributed by atoms with van der Waals surface area (Å²) in [6.45, 7) is 2.12. The molecule has 37 heavy (non-hydrogen) atoms. The molecule has 6 rings (SSSR count). The van der Waals surface area contributed by atoms with E-state index in [2.05, 4.69) is 9.88 Å². The van der Waals surface area contributed by atoms with Crippen LogP contribution in [0, 0.1) is 18.6 Å². The number of nitrogens with zero attached hydrogens (tertiary/aromatic N) is 4. The second kappa shape index (κ2) is 9.05. The van der Waals surface area contributed by atoms with E-state index in [0.717, 1.165) is 52.2 Å². The summed E-state index contributed by atoms with van der Waals surface area (Å²) in [7, 11) is 0. The third-order valence-electron chi connectivity index (χ3n) is 6.63. The van der Waals surface area contributed by atoms with Crippen molar-refractivity contribution >= 4 is 11.7 Å². The molecule has 5 aromatic rings. The monoisotopic (exact) mass is 495 g/mol. The van der Waals surface area contributed by atoms with Gasteiger partial charge in [-0.3, -0.25) is 0 Å². The van der Waals surface area contributed by atoms with Gasteiger partial charge in [0, 0.05) is 17.8 Å². The van der Waals surface area contributed by atoms with Gasteiger partial charge in [0.15, 0.2) is 0 Å². The van der Waals surface area contributed by atoms with Crippen LogP contribution in [0.5, 0.6) is 0 Å². The number of aryl methyl sites for hydroxylation is 1. The number of hydrogen-bond donors (Lipinski definition) is 1. The lowest BCUT2D eigenvalue weighted by Crippen LogP contribution is -2.38. The highest BCUT2D eigenvalue weighted by atomic mass is 19.1. The molecule has 1 atom stereocenters. The van der Waals surface area contributed by atoms with E-state index >= 15 is 0 Å². The summed E-state index contributed by atoms with van der Waals surface area (Å²) in [6, 6.07) is 25.3. The smallest absolute Gasteiger partial charge is 0.307 e. The molecule has 2 aromatic heterocycles. The predicted octanol–water partition coefficient (Wildman–Crippen LogP) is 6.39. The molecule has 1 N–H and O–H groups in total. The summed E-state index contributed by atoms with van der Waals surface area (Å²) in [5.74, 6) is -0.516. The lowest BCUT2D eigenvalue weighted by Gasteiger charge is -2.31. The van der Waals surface area contributed by atoms with Gasteiger partial charge in [0.2, 0.25) is 0 Å². The normalized spacial score (nSPS) is 14.6. The molecule has 6 nitrogen and oxygen atoms in total. The number of anilines is 1. The van der Waals surface area contributed by atoms with Gasteiger partial charge in [-0.15, -0.1) is 0 Å². The average molecular weight is 496 g/mol. The average Bonchev–Trinajstić information content (AvgIpc) is 3.47. The fourth-order valence-corrected chi connectivity index (χ4v) is 4.92. The first kappa shape index (κ1) is 22.7. The molecule has 1 aliphatic rings. The zero-order valence-electron chi connectivity index (χ0n) is 20.0. The first-order chi connectivity index (χ1) is 18.0. The Morgan fingerprint density at radius 1 is 0.946 bits per heavy atom. The number of halogens is 2. The van der Waals surface area contributed by atoms with E-state index in [1.54, 1.807) is 4.90 Å². The van der Waals surface area contributed by atoms with Crippen molar-refractivity contribution < 1.29 is 13.6 Å². The van der Waals surface area contributed by atoms with E-state index in [1.165, 1.54) is 0 Å². The van der Waals surface area contributed by atoms with Gasteiger partial charge in [-0.1, -0.05) is 48.5 Å². The number of hydrogen-bond acceptors (Lipinski definition) is 2. The molecule has 0 radical (unpaired) electrons. The minimum absolute atomic E-state index is 0.206. The fraction of sp³-hybridized carbons (Fsp3) is 0.103. The molecular weight excluding hydrogens is 472 g/mol. The third kappa shape index (κ3) is 3.96. The van der Waals surface area contributed by atoms with Gasteiger partial charge in [0.25, 0.3) is 0 Å². The lowest BCUT2D eigenvalue weighted by molar-refractivity contribution is 0.194. The number of benzene rings is 3. The zero-order valence-corrected chi connectivity index (χ0v) is 20.0. The minimum Gasteiger partial charge on any atom is -0.307 e. The maximum Gasteiger partial charge on any atom is 0.323 e. The molecule has 1 aliphatic heterocycles. The van der Waals surface area contributed by atoms with Crippen LogP contribution in [0.15, 0.2) is 97.2 Å². The van der Waals surface area contributed by atoms with E-state index in [-0.39, 0.29) is 12.2 Å². The molecule has 0 spiro atoms. The Balaban J connectivity index is 1.53. The number of urea groups is 1. The molecular formula is C29H23F2N5O. The summed E-state index contributed by atoms with van der Waals surface area (Å²) in [6.07, 6.45) is 1.96. The van der Waals surface area contributed by atoms with Crippen molar-refractivity contribution in [1.82, 2.24) is 19.2 Å². The molecule has 2 amide bonds. The van der Waals surface area contributed by atoms with Crippen LogP contribution in [-0.4, -0.2) is 25.3 Å². The first-order valence-electron chi connectivity index (χ1n) is 11.9. The Kier molecular flexibility index (Phi) is 5.56. The summed E-state index contributed by atoms with van der Waals surface area (Å²) in [5.41, 5.74) is 4.03. The van der Waals surface area contributed by atoms with Gasteiger partial charge in [-0.2, -0.15) is 5.10 Å². The Labute approximate surface area is 212 Å². The summed E-state index contributed by atoms with van der Waals surface area (Å²) in [4.78, 5) is 15.4. The largest absolute Gasteiger partial charge is 0.323 e. The SMILES string of the molecule is Cc1nn(-c2ccccc2)c2c1CN(C(=O)Nc1cc(F)ccc1F)C(c1ccccc1)c1cccn1-2. The second-order valence-electron chi connectivity index (χ2n) is 8.93. The summed E-state index contributed by atoms with van der Waals surface area (Å²) >= 11 is 0. The molecule has 3 aromatic carbocycles. The highest BCUT2D eigenvalue weighted by Gasteiger charge is 2.36. The van der Waals surface area contributed by atoms with Gasteiger partial charge in [0.05, 0.1) is 35.3 Å². The molecule has 0 fully saturated rings. The molecule has 0 aliphatic carbocycles. The topological polar surface area (TPSA) is 55.1 Å². The summed E-state index contributed by atoms with van der Waals surface area (Å²) < 4.78 is 32.3.